The van der Waals surface area contributed by atoms with Gasteiger partial charge >= 0.3 is 6.36 Å². The Kier molecular flexibility index (Phi) is 3.94. The molecule has 0 aliphatic rings. The van der Waals surface area contributed by atoms with Crippen molar-refractivity contribution >= 4 is 17.3 Å². The highest BCUT2D eigenvalue weighted by Gasteiger charge is 2.32. The number of hydrogen-bond donors (Lipinski definition) is 1. The molecule has 3 nitrogen and oxygen atoms in total. The molecule has 0 heterocycles. The van der Waals surface area contributed by atoms with E-state index in [4.69, 9.17) is 22.1 Å². The van der Waals surface area contributed by atoms with Gasteiger partial charge in [0.15, 0.2) is 11.5 Å². The minimum absolute atomic E-state index is 0.0912. The smallest absolute Gasteiger partial charge is 0.453 e. The summed E-state index contributed by atoms with van der Waals surface area (Å²) in [4.78, 5) is 0. The van der Waals surface area contributed by atoms with Gasteiger partial charge in [-0.3, -0.25) is 0 Å². The van der Waals surface area contributed by atoms with E-state index in [-0.39, 0.29) is 11.5 Å². The van der Waals surface area contributed by atoms with Crippen LogP contribution >= 0.6 is 11.6 Å². The molecule has 7 heteroatoms. The Morgan fingerprint density at radius 1 is 1.00 bits per heavy atom. The molecule has 0 amide bonds. The van der Waals surface area contributed by atoms with Crippen molar-refractivity contribution in [1.29, 1.82) is 0 Å². The van der Waals surface area contributed by atoms with Gasteiger partial charge in [-0.25, -0.2) is 0 Å². The monoisotopic (exact) mass is 303 g/mol. The van der Waals surface area contributed by atoms with E-state index >= 15 is 0 Å². The lowest BCUT2D eigenvalue weighted by Gasteiger charge is -2.14. The quantitative estimate of drug-likeness (QED) is 0.842. The number of ether oxygens (including phenoxy) is 2. The predicted octanol–water partition coefficient (Wildman–Crippen LogP) is 4.61. The normalized spacial score (nSPS) is 11.2. The molecule has 0 aliphatic heterocycles. The molecule has 0 bridgehead atoms. The average molecular weight is 304 g/mol. The van der Waals surface area contributed by atoms with Gasteiger partial charge in [-0.2, -0.15) is 0 Å². The van der Waals surface area contributed by atoms with E-state index in [9.17, 15) is 13.2 Å². The summed E-state index contributed by atoms with van der Waals surface area (Å²) in [6, 6.07) is 9.78. The molecule has 2 aromatic carbocycles. The number of rotatable bonds is 3. The lowest BCUT2D eigenvalue weighted by molar-refractivity contribution is -0.275. The second-order valence-corrected chi connectivity index (χ2v) is 4.25. The molecule has 0 spiro atoms. The maximum absolute atomic E-state index is 12.3. The van der Waals surface area contributed by atoms with Crippen molar-refractivity contribution in [2.75, 3.05) is 5.73 Å². The summed E-state index contributed by atoms with van der Waals surface area (Å²) in [5.74, 6) is -0.321. The third-order valence-corrected chi connectivity index (χ3v) is 2.41. The first kappa shape index (κ1) is 14.3. The summed E-state index contributed by atoms with van der Waals surface area (Å²) >= 11 is 5.79. The number of halogens is 4. The van der Waals surface area contributed by atoms with Crippen LogP contribution in [-0.2, 0) is 0 Å². The number of nitrogens with two attached hydrogens (primary N) is 1. The van der Waals surface area contributed by atoms with Crippen LogP contribution in [0.25, 0.3) is 0 Å². The maximum Gasteiger partial charge on any atom is 0.573 e. The summed E-state index contributed by atoms with van der Waals surface area (Å²) < 4.78 is 46.0. The average Bonchev–Trinajstić information content (AvgIpc) is 2.28. The van der Waals surface area contributed by atoms with Gasteiger partial charge in [0.2, 0.25) is 0 Å². The van der Waals surface area contributed by atoms with Crippen molar-refractivity contribution < 1.29 is 22.6 Å². The highest BCUT2D eigenvalue weighted by atomic mass is 35.5. The number of anilines is 1. The Bertz CT molecular complexity index is 597. The van der Waals surface area contributed by atoms with Gasteiger partial charge in [0.05, 0.1) is 0 Å². The molecule has 0 aromatic heterocycles. The second kappa shape index (κ2) is 5.50. The Balaban J connectivity index is 2.29. The molecule has 0 atom stereocenters. The largest absolute Gasteiger partial charge is 0.573 e. The third-order valence-electron chi connectivity index (χ3n) is 2.20. The lowest BCUT2D eigenvalue weighted by Crippen LogP contribution is -2.17. The molecule has 0 fully saturated rings. The number of hydrogen-bond acceptors (Lipinski definition) is 3. The van der Waals surface area contributed by atoms with Crippen molar-refractivity contribution in [3.05, 3.63) is 47.5 Å². The van der Waals surface area contributed by atoms with E-state index < -0.39 is 12.1 Å². The van der Waals surface area contributed by atoms with E-state index in [0.717, 1.165) is 6.07 Å². The molecular formula is C13H9ClF3NO2. The zero-order chi connectivity index (χ0) is 14.8. The molecule has 2 aromatic rings. The second-order valence-electron chi connectivity index (χ2n) is 3.82. The van der Waals surface area contributed by atoms with E-state index in [1.165, 1.54) is 36.4 Å². The SMILES string of the molecule is Nc1cc(Cl)cc(Oc2ccccc2OC(F)(F)F)c1. The van der Waals surface area contributed by atoms with Gasteiger partial charge in [0.1, 0.15) is 5.75 Å². The van der Waals surface area contributed by atoms with Crippen LogP contribution < -0.4 is 15.2 Å². The van der Waals surface area contributed by atoms with E-state index in [0.29, 0.717) is 10.7 Å². The molecule has 20 heavy (non-hydrogen) atoms. The Morgan fingerprint density at radius 2 is 1.65 bits per heavy atom. The number of benzene rings is 2. The van der Waals surface area contributed by atoms with Crippen molar-refractivity contribution in [1.82, 2.24) is 0 Å². The van der Waals surface area contributed by atoms with Crippen LogP contribution in [0.15, 0.2) is 42.5 Å². The van der Waals surface area contributed by atoms with Crippen LogP contribution in [0.3, 0.4) is 0 Å². The van der Waals surface area contributed by atoms with Gasteiger partial charge < -0.3 is 15.2 Å². The van der Waals surface area contributed by atoms with Crippen molar-refractivity contribution in [2.24, 2.45) is 0 Å². The zero-order valence-electron chi connectivity index (χ0n) is 9.95. The molecule has 0 aliphatic carbocycles. The molecule has 2 rings (SSSR count). The van der Waals surface area contributed by atoms with Crippen LogP contribution in [0.5, 0.6) is 17.2 Å². The van der Waals surface area contributed by atoms with Crippen LogP contribution in [0.1, 0.15) is 0 Å². The fourth-order valence-electron chi connectivity index (χ4n) is 1.51. The van der Waals surface area contributed by atoms with Crippen LogP contribution in [0.4, 0.5) is 18.9 Å². The first-order valence-electron chi connectivity index (χ1n) is 5.42. The zero-order valence-corrected chi connectivity index (χ0v) is 10.7. The van der Waals surface area contributed by atoms with Gasteiger partial charge in [-0.05, 0) is 24.3 Å². The summed E-state index contributed by atoms with van der Waals surface area (Å²) in [5, 5.41) is 0.314. The molecule has 2 N–H and O–H groups in total. The van der Waals surface area contributed by atoms with E-state index in [1.807, 2.05) is 0 Å². The summed E-state index contributed by atoms with van der Waals surface area (Å²) in [5.41, 5.74) is 5.91. The highest BCUT2D eigenvalue weighted by Crippen LogP contribution is 2.36. The van der Waals surface area contributed by atoms with Gasteiger partial charge in [0, 0.05) is 16.8 Å². The topological polar surface area (TPSA) is 44.5 Å². The predicted molar refractivity (Wildman–Crippen MR) is 69.1 cm³/mol. The summed E-state index contributed by atoms with van der Waals surface area (Å²) in [6.07, 6.45) is -4.80. The first-order chi connectivity index (χ1) is 9.33. The molecule has 0 radical (unpaired) electrons. The third kappa shape index (κ3) is 3.96. The number of para-hydroxylation sites is 2. The van der Waals surface area contributed by atoms with Gasteiger partial charge in [0.25, 0.3) is 0 Å². The fraction of sp³-hybridized carbons (Fsp3) is 0.0769. The van der Waals surface area contributed by atoms with Crippen LogP contribution in [0, 0.1) is 0 Å². The van der Waals surface area contributed by atoms with Gasteiger partial charge in [-0.15, -0.1) is 13.2 Å². The minimum atomic E-state index is -4.80. The molecule has 0 saturated heterocycles. The van der Waals surface area contributed by atoms with Crippen LogP contribution in [-0.4, -0.2) is 6.36 Å². The maximum atomic E-state index is 12.3. The number of alkyl halides is 3. The minimum Gasteiger partial charge on any atom is -0.453 e. The Hall–Kier alpha value is -2.08. The molecule has 0 unspecified atom stereocenters. The fourth-order valence-corrected chi connectivity index (χ4v) is 1.75. The lowest BCUT2D eigenvalue weighted by atomic mass is 10.3. The Morgan fingerprint density at radius 3 is 2.25 bits per heavy atom. The molecule has 106 valence electrons. The van der Waals surface area contributed by atoms with Crippen molar-refractivity contribution in [3.63, 3.8) is 0 Å². The standard InChI is InChI=1S/C13H9ClF3NO2/c14-8-5-9(18)7-10(6-8)19-11-3-1-2-4-12(11)20-13(15,16)17/h1-7H,18H2. The molecule has 0 saturated carbocycles. The molecular weight excluding hydrogens is 295 g/mol. The first-order valence-corrected chi connectivity index (χ1v) is 5.80. The van der Waals surface area contributed by atoms with Gasteiger partial charge in [-0.1, -0.05) is 23.7 Å². The van der Waals surface area contributed by atoms with E-state index in [1.54, 1.807) is 0 Å². The highest BCUT2D eigenvalue weighted by molar-refractivity contribution is 6.31. The van der Waals surface area contributed by atoms with Crippen molar-refractivity contribution in [2.45, 2.75) is 6.36 Å². The van der Waals surface area contributed by atoms with E-state index in [2.05, 4.69) is 4.74 Å². The number of nitrogen functional groups attached to an aromatic ring is 1. The summed E-state index contributed by atoms with van der Waals surface area (Å²) in [6.45, 7) is 0. The van der Waals surface area contributed by atoms with Crippen LogP contribution in [0.2, 0.25) is 5.02 Å². The Labute approximate surface area is 117 Å². The van der Waals surface area contributed by atoms with Crippen molar-refractivity contribution in [3.8, 4) is 17.2 Å². The summed E-state index contributed by atoms with van der Waals surface area (Å²) in [7, 11) is 0.